The molecule has 2 aromatic rings. The van der Waals surface area contributed by atoms with Gasteiger partial charge in [-0.05, 0) is 44.0 Å². The number of ether oxygens (including phenoxy) is 1. The van der Waals surface area contributed by atoms with Crippen LogP contribution in [0, 0.1) is 0 Å². The van der Waals surface area contributed by atoms with E-state index in [2.05, 4.69) is 4.40 Å². The summed E-state index contributed by atoms with van der Waals surface area (Å²) in [7, 11) is 0. The molecule has 4 heteroatoms. The molecule has 1 atom stereocenters. The van der Waals surface area contributed by atoms with Gasteiger partial charge in [0.2, 0.25) is 0 Å². The summed E-state index contributed by atoms with van der Waals surface area (Å²) in [4.78, 5) is 0. The third-order valence-corrected chi connectivity index (χ3v) is 4.56. The molecule has 0 saturated heterocycles. The van der Waals surface area contributed by atoms with Gasteiger partial charge in [0.05, 0.1) is 6.21 Å². The van der Waals surface area contributed by atoms with Crippen LogP contribution < -0.4 is 4.74 Å². The van der Waals surface area contributed by atoms with Gasteiger partial charge in [-0.15, -0.1) is 0 Å². The smallest absolute Gasteiger partial charge is 0.144 e. The Labute approximate surface area is 141 Å². The molecule has 23 heavy (non-hydrogen) atoms. The first-order valence-electron chi connectivity index (χ1n) is 7.65. The fourth-order valence-corrected chi connectivity index (χ4v) is 2.40. The van der Waals surface area contributed by atoms with Crippen LogP contribution in [-0.4, -0.2) is 15.5 Å². The van der Waals surface area contributed by atoms with Crippen molar-refractivity contribution in [2.45, 2.75) is 38.5 Å². The monoisotopic (exact) mass is 329 g/mol. The highest BCUT2D eigenvalue weighted by Gasteiger charge is 2.25. The highest BCUT2D eigenvalue weighted by molar-refractivity contribution is 7.91. The van der Waals surface area contributed by atoms with Gasteiger partial charge in [0.15, 0.2) is 0 Å². The van der Waals surface area contributed by atoms with Gasteiger partial charge >= 0.3 is 0 Å². The van der Waals surface area contributed by atoms with E-state index in [1.807, 2.05) is 75.4 Å². The van der Waals surface area contributed by atoms with Crippen molar-refractivity contribution < 1.29 is 9.29 Å². The van der Waals surface area contributed by atoms with Crippen molar-refractivity contribution in [3.05, 3.63) is 65.7 Å². The minimum atomic E-state index is -1.21. The van der Waals surface area contributed by atoms with Crippen molar-refractivity contribution in [1.29, 1.82) is 0 Å². The molecule has 0 aliphatic carbocycles. The standard InChI is InChI=1S/C19H23NO2S/c1-19(2,3)23(21)20-13-12-16-10-7-11-18(14-16)22-15-17-8-5-4-6-9-17/h4-11,13-14H,12,15H2,1-3H3/b20-13+/t23-/m1/s1. The average Bonchev–Trinajstić information content (AvgIpc) is 2.53. The van der Waals surface area contributed by atoms with E-state index in [1.54, 1.807) is 6.21 Å². The summed E-state index contributed by atoms with van der Waals surface area (Å²) in [6, 6.07) is 18.0. The van der Waals surface area contributed by atoms with E-state index in [-0.39, 0.29) is 4.75 Å². The summed E-state index contributed by atoms with van der Waals surface area (Å²) in [6.07, 6.45) is 2.36. The fraction of sp³-hybridized carbons (Fsp3) is 0.316. The van der Waals surface area contributed by atoms with Crippen LogP contribution in [0.2, 0.25) is 0 Å². The first-order chi connectivity index (χ1) is 10.9. The van der Waals surface area contributed by atoms with E-state index < -0.39 is 11.4 Å². The van der Waals surface area contributed by atoms with Gasteiger partial charge in [0.25, 0.3) is 0 Å². The summed E-state index contributed by atoms with van der Waals surface area (Å²) in [5.74, 6) is 0.830. The Balaban J connectivity index is 1.91. The zero-order valence-corrected chi connectivity index (χ0v) is 14.7. The lowest BCUT2D eigenvalue weighted by Crippen LogP contribution is -2.25. The zero-order chi connectivity index (χ0) is 16.7. The molecule has 0 bridgehead atoms. The van der Waals surface area contributed by atoms with Crippen molar-refractivity contribution in [2.75, 3.05) is 0 Å². The third kappa shape index (κ3) is 6.08. The molecule has 0 unspecified atom stereocenters. The normalized spacial score (nSPS) is 13.2. The van der Waals surface area contributed by atoms with Crippen LogP contribution in [-0.2, 0) is 24.4 Å². The van der Waals surface area contributed by atoms with E-state index in [9.17, 15) is 4.55 Å². The van der Waals surface area contributed by atoms with Crippen molar-refractivity contribution in [2.24, 2.45) is 4.40 Å². The molecule has 0 amide bonds. The van der Waals surface area contributed by atoms with Crippen molar-refractivity contribution in [1.82, 2.24) is 0 Å². The van der Waals surface area contributed by atoms with Gasteiger partial charge in [0.1, 0.15) is 28.5 Å². The predicted molar refractivity (Wildman–Crippen MR) is 97.3 cm³/mol. The fourth-order valence-electron chi connectivity index (χ4n) is 1.87. The lowest BCUT2D eigenvalue weighted by Gasteiger charge is -2.17. The maximum Gasteiger partial charge on any atom is 0.144 e. The highest BCUT2D eigenvalue weighted by atomic mass is 32.2. The van der Waals surface area contributed by atoms with Crippen molar-refractivity contribution in [3.8, 4) is 5.75 Å². The molecule has 0 fully saturated rings. The lowest BCUT2D eigenvalue weighted by molar-refractivity contribution is 0.306. The molecule has 3 nitrogen and oxygen atoms in total. The zero-order valence-electron chi connectivity index (χ0n) is 13.9. The Morgan fingerprint density at radius 3 is 2.43 bits per heavy atom. The van der Waals surface area contributed by atoms with E-state index in [1.165, 1.54) is 0 Å². The van der Waals surface area contributed by atoms with Gasteiger partial charge in [-0.1, -0.05) is 46.9 Å². The van der Waals surface area contributed by atoms with Crippen LogP contribution in [0.25, 0.3) is 0 Å². The van der Waals surface area contributed by atoms with E-state index in [0.717, 1.165) is 16.9 Å². The largest absolute Gasteiger partial charge is 0.591 e. The summed E-state index contributed by atoms with van der Waals surface area (Å²) in [5, 5.41) is 0. The van der Waals surface area contributed by atoms with Gasteiger partial charge in [-0.25, -0.2) is 0 Å². The molecule has 0 spiro atoms. The molecule has 2 aromatic carbocycles. The molecule has 0 aliphatic rings. The SMILES string of the molecule is CC(C)(C)[S@@+]([O-])/N=C/Cc1cccc(OCc2ccccc2)c1. The number of nitrogens with zero attached hydrogens (tertiary/aromatic N) is 1. The number of rotatable bonds is 6. The van der Waals surface area contributed by atoms with Crippen LogP contribution in [0.4, 0.5) is 0 Å². The third-order valence-electron chi connectivity index (χ3n) is 3.17. The number of hydrogen-bond donors (Lipinski definition) is 0. The summed E-state index contributed by atoms with van der Waals surface area (Å²) in [5.41, 5.74) is 2.23. The second-order valence-corrected chi connectivity index (χ2v) is 8.21. The summed E-state index contributed by atoms with van der Waals surface area (Å²) < 4.78 is 21.5. The first-order valence-corrected chi connectivity index (χ1v) is 8.76. The topological polar surface area (TPSA) is 44.7 Å². The van der Waals surface area contributed by atoms with Crippen LogP contribution in [0.3, 0.4) is 0 Å². The van der Waals surface area contributed by atoms with Crippen LogP contribution >= 0.6 is 0 Å². The van der Waals surface area contributed by atoms with Gasteiger partial charge in [0, 0.05) is 6.42 Å². The van der Waals surface area contributed by atoms with Gasteiger partial charge < -0.3 is 9.29 Å². The molecular formula is C19H23NO2S. The second-order valence-electron chi connectivity index (χ2n) is 6.28. The van der Waals surface area contributed by atoms with E-state index in [4.69, 9.17) is 4.74 Å². The minimum Gasteiger partial charge on any atom is -0.591 e. The Morgan fingerprint density at radius 2 is 1.74 bits per heavy atom. The van der Waals surface area contributed by atoms with Crippen molar-refractivity contribution >= 4 is 17.6 Å². The number of benzene rings is 2. The van der Waals surface area contributed by atoms with Crippen LogP contribution in [0.5, 0.6) is 5.75 Å². The number of hydrogen-bond acceptors (Lipinski definition) is 3. The molecule has 0 N–H and O–H groups in total. The van der Waals surface area contributed by atoms with Gasteiger partial charge in [-0.3, -0.25) is 0 Å². The Hall–Kier alpha value is -1.78. The summed E-state index contributed by atoms with van der Waals surface area (Å²) >= 11 is -1.21. The Kier molecular flexibility index (Phi) is 6.25. The minimum absolute atomic E-state index is 0.322. The maximum absolute atomic E-state index is 11.9. The van der Waals surface area contributed by atoms with E-state index in [0.29, 0.717) is 13.0 Å². The molecule has 0 aliphatic heterocycles. The molecule has 122 valence electrons. The molecule has 0 aromatic heterocycles. The summed E-state index contributed by atoms with van der Waals surface area (Å²) in [6.45, 7) is 6.29. The average molecular weight is 329 g/mol. The Morgan fingerprint density at radius 1 is 1.04 bits per heavy atom. The van der Waals surface area contributed by atoms with Crippen molar-refractivity contribution in [3.63, 3.8) is 0 Å². The lowest BCUT2D eigenvalue weighted by atomic mass is 10.1. The molecule has 2 rings (SSSR count). The van der Waals surface area contributed by atoms with Gasteiger partial charge in [-0.2, -0.15) is 0 Å². The van der Waals surface area contributed by atoms with Crippen LogP contribution in [0.1, 0.15) is 31.9 Å². The molecular weight excluding hydrogens is 306 g/mol. The molecule has 0 heterocycles. The van der Waals surface area contributed by atoms with E-state index >= 15 is 0 Å². The predicted octanol–water partition coefficient (Wildman–Crippen LogP) is 4.34. The maximum atomic E-state index is 11.9. The second kappa shape index (κ2) is 8.18. The first kappa shape index (κ1) is 17.6. The Bertz CT molecular complexity index is 635. The quantitative estimate of drug-likeness (QED) is 0.584. The highest BCUT2D eigenvalue weighted by Crippen LogP contribution is 2.18. The van der Waals surface area contributed by atoms with Crippen LogP contribution in [0.15, 0.2) is 59.0 Å². The molecule has 0 radical (unpaired) electrons. The molecule has 0 saturated carbocycles.